The summed E-state index contributed by atoms with van der Waals surface area (Å²) < 4.78 is 1.67. The number of halogens is 1. The molecule has 6 nitrogen and oxygen atoms in total. The highest BCUT2D eigenvalue weighted by molar-refractivity contribution is 6.30. The summed E-state index contributed by atoms with van der Waals surface area (Å²) in [5.74, 6) is 0.230. The van der Waals surface area contributed by atoms with Gasteiger partial charge in [0.25, 0.3) is 0 Å². The number of amides is 1. The monoisotopic (exact) mass is 415 g/mol. The molecule has 5 rings (SSSR count). The molecule has 0 fully saturated rings. The number of aromatic nitrogens is 4. The van der Waals surface area contributed by atoms with Crippen LogP contribution >= 0.6 is 11.6 Å². The average molecular weight is 416 g/mol. The maximum absolute atomic E-state index is 12.7. The summed E-state index contributed by atoms with van der Waals surface area (Å²) >= 11 is 6.05. The van der Waals surface area contributed by atoms with E-state index in [4.69, 9.17) is 11.6 Å². The van der Waals surface area contributed by atoms with Gasteiger partial charge in [0, 0.05) is 29.2 Å². The first kappa shape index (κ1) is 18.4. The minimum absolute atomic E-state index is 0.131. The number of pyridine rings is 1. The van der Waals surface area contributed by atoms with Crippen LogP contribution in [0.5, 0.6) is 0 Å². The first-order valence-electron chi connectivity index (χ1n) is 9.64. The molecule has 0 radical (unpaired) electrons. The molecule has 0 unspecified atom stereocenters. The number of hydrogen-bond acceptors (Lipinski definition) is 3. The van der Waals surface area contributed by atoms with E-state index in [-0.39, 0.29) is 5.91 Å². The molecule has 5 aromatic rings. The van der Waals surface area contributed by atoms with Crippen molar-refractivity contribution in [2.45, 2.75) is 12.8 Å². The third kappa shape index (κ3) is 3.42. The molecule has 2 aromatic carbocycles. The molecule has 0 bridgehead atoms. The zero-order chi connectivity index (χ0) is 20.5. The number of benzene rings is 2. The van der Waals surface area contributed by atoms with Gasteiger partial charge >= 0.3 is 0 Å². The summed E-state index contributed by atoms with van der Waals surface area (Å²) in [6.07, 6.45) is 2.59. The maximum atomic E-state index is 12.7. The number of rotatable bonds is 5. The van der Waals surface area contributed by atoms with Gasteiger partial charge in [0.15, 0.2) is 5.65 Å². The molecule has 148 valence electrons. The van der Waals surface area contributed by atoms with Crippen LogP contribution in [-0.4, -0.2) is 25.5 Å². The Bertz CT molecular complexity index is 1360. The number of carbonyl (C=O) groups excluding carboxylic acids is 1. The fourth-order valence-electron chi connectivity index (χ4n) is 3.69. The van der Waals surface area contributed by atoms with Gasteiger partial charge in [-0.05, 0) is 35.7 Å². The Kier molecular flexibility index (Phi) is 4.69. The predicted molar refractivity (Wildman–Crippen MR) is 119 cm³/mol. The number of nitrogens with one attached hydrogen (secondary N) is 2. The molecule has 30 heavy (non-hydrogen) atoms. The van der Waals surface area contributed by atoms with Gasteiger partial charge < -0.3 is 4.98 Å². The summed E-state index contributed by atoms with van der Waals surface area (Å²) in [5, 5.41) is 12.6. The Labute approximate surface area is 177 Å². The highest BCUT2D eigenvalue weighted by Crippen LogP contribution is 2.31. The average Bonchev–Trinajstić information content (AvgIpc) is 3.34. The zero-order valence-corrected chi connectivity index (χ0v) is 16.7. The Balaban J connectivity index is 1.40. The van der Waals surface area contributed by atoms with Crippen molar-refractivity contribution >= 4 is 40.0 Å². The topological polar surface area (TPSA) is 75.1 Å². The van der Waals surface area contributed by atoms with Crippen molar-refractivity contribution < 1.29 is 4.79 Å². The Morgan fingerprint density at radius 1 is 1.00 bits per heavy atom. The number of fused-ring (bicyclic) bond motifs is 2. The van der Waals surface area contributed by atoms with E-state index in [1.54, 1.807) is 22.7 Å². The van der Waals surface area contributed by atoms with E-state index in [2.05, 4.69) is 44.8 Å². The van der Waals surface area contributed by atoms with Gasteiger partial charge in [-0.1, -0.05) is 60.1 Å². The second kappa shape index (κ2) is 7.65. The van der Waals surface area contributed by atoms with Crippen LogP contribution in [0.25, 0.3) is 27.8 Å². The predicted octanol–water partition coefficient (Wildman–Crippen LogP) is 5.10. The lowest BCUT2D eigenvalue weighted by molar-refractivity contribution is -0.116. The fraction of sp³-hybridized carbons (Fsp3) is 0.0870. The number of aromatic amines is 1. The molecule has 1 amide bonds. The minimum Gasteiger partial charge on any atom is -0.354 e. The summed E-state index contributed by atoms with van der Waals surface area (Å²) in [4.78, 5) is 16.2. The largest absolute Gasteiger partial charge is 0.354 e. The normalized spacial score (nSPS) is 11.2. The van der Waals surface area contributed by atoms with Gasteiger partial charge in [0.2, 0.25) is 11.9 Å². The number of nitrogens with zero attached hydrogens (tertiary/aromatic N) is 3. The number of H-pyrrole nitrogens is 1. The van der Waals surface area contributed by atoms with Crippen molar-refractivity contribution in [1.82, 2.24) is 19.6 Å². The highest BCUT2D eigenvalue weighted by Gasteiger charge is 2.15. The summed E-state index contributed by atoms with van der Waals surface area (Å²) in [6, 6.07) is 21.8. The second-order valence-corrected chi connectivity index (χ2v) is 7.47. The Morgan fingerprint density at radius 2 is 1.80 bits per heavy atom. The number of carbonyl (C=O) groups is 1. The van der Waals surface area contributed by atoms with E-state index in [9.17, 15) is 4.79 Å². The summed E-state index contributed by atoms with van der Waals surface area (Å²) in [5.41, 5.74) is 4.95. The molecular weight excluding hydrogens is 398 g/mol. The van der Waals surface area contributed by atoms with Crippen LogP contribution in [0.1, 0.15) is 12.0 Å². The van der Waals surface area contributed by atoms with Crippen molar-refractivity contribution in [3.8, 4) is 11.3 Å². The van der Waals surface area contributed by atoms with E-state index in [0.29, 0.717) is 29.5 Å². The molecule has 0 saturated carbocycles. The van der Waals surface area contributed by atoms with Gasteiger partial charge in [-0.2, -0.15) is 0 Å². The van der Waals surface area contributed by atoms with Crippen LogP contribution in [0.2, 0.25) is 5.02 Å². The number of hydrogen-bond donors (Lipinski definition) is 2. The first-order chi connectivity index (χ1) is 14.7. The van der Waals surface area contributed by atoms with Crippen molar-refractivity contribution in [3.05, 3.63) is 83.5 Å². The van der Waals surface area contributed by atoms with E-state index in [1.165, 1.54) is 0 Å². The van der Waals surface area contributed by atoms with Crippen molar-refractivity contribution in [1.29, 1.82) is 0 Å². The summed E-state index contributed by atoms with van der Waals surface area (Å²) in [6.45, 7) is 0. The van der Waals surface area contributed by atoms with Crippen LogP contribution in [-0.2, 0) is 11.2 Å². The quantitative estimate of drug-likeness (QED) is 0.419. The van der Waals surface area contributed by atoms with Crippen LogP contribution in [0.4, 0.5) is 5.95 Å². The van der Waals surface area contributed by atoms with E-state index >= 15 is 0 Å². The smallest absolute Gasteiger partial charge is 0.235 e. The molecule has 2 N–H and O–H groups in total. The van der Waals surface area contributed by atoms with E-state index in [0.717, 1.165) is 27.7 Å². The van der Waals surface area contributed by atoms with Gasteiger partial charge in [-0.3, -0.25) is 14.5 Å². The van der Waals surface area contributed by atoms with Crippen LogP contribution in [0, 0.1) is 0 Å². The molecular formula is C23H18ClN5O. The minimum atomic E-state index is -0.131. The number of anilines is 1. The standard InChI is InChI=1S/C23H18ClN5O/c24-16-10-12-20-27-28-23(29(20)14-16)26-21(30)13-11-18-17-8-4-5-9-19(17)25-22(18)15-6-2-1-3-7-15/h1-10,12,14,25H,11,13H2,(H,26,28,30). The van der Waals surface area contributed by atoms with Crippen LogP contribution < -0.4 is 5.32 Å². The molecule has 0 spiro atoms. The van der Waals surface area contributed by atoms with E-state index < -0.39 is 0 Å². The van der Waals surface area contributed by atoms with E-state index in [1.807, 2.05) is 30.3 Å². The van der Waals surface area contributed by atoms with Crippen molar-refractivity contribution in [2.24, 2.45) is 0 Å². The van der Waals surface area contributed by atoms with Crippen molar-refractivity contribution in [2.75, 3.05) is 5.32 Å². The summed E-state index contributed by atoms with van der Waals surface area (Å²) in [7, 11) is 0. The number of para-hydroxylation sites is 1. The van der Waals surface area contributed by atoms with Crippen LogP contribution in [0.3, 0.4) is 0 Å². The second-order valence-electron chi connectivity index (χ2n) is 7.04. The fourth-order valence-corrected chi connectivity index (χ4v) is 3.85. The van der Waals surface area contributed by atoms with Crippen molar-refractivity contribution in [3.63, 3.8) is 0 Å². The molecule has 0 aliphatic carbocycles. The van der Waals surface area contributed by atoms with Gasteiger partial charge in [0.1, 0.15) is 0 Å². The molecule has 3 aromatic heterocycles. The lowest BCUT2D eigenvalue weighted by Crippen LogP contribution is -2.14. The highest BCUT2D eigenvalue weighted by atomic mass is 35.5. The van der Waals surface area contributed by atoms with Crippen LogP contribution in [0.15, 0.2) is 72.9 Å². The molecule has 0 aliphatic rings. The SMILES string of the molecule is O=C(CCc1c(-c2ccccc2)[nH]c2ccccc12)Nc1nnc2ccc(Cl)cn12. The molecule has 3 heterocycles. The van der Waals surface area contributed by atoms with Gasteiger partial charge in [-0.15, -0.1) is 10.2 Å². The molecule has 0 atom stereocenters. The van der Waals surface area contributed by atoms with Gasteiger partial charge in [0.05, 0.1) is 5.02 Å². The molecule has 0 aliphatic heterocycles. The van der Waals surface area contributed by atoms with Gasteiger partial charge in [-0.25, -0.2) is 0 Å². The maximum Gasteiger partial charge on any atom is 0.235 e. The third-order valence-corrected chi connectivity index (χ3v) is 5.32. The number of aryl methyl sites for hydroxylation is 1. The molecule has 0 saturated heterocycles. The lowest BCUT2D eigenvalue weighted by atomic mass is 10.0. The zero-order valence-electron chi connectivity index (χ0n) is 16.0. The lowest BCUT2D eigenvalue weighted by Gasteiger charge is -2.06. The Hall–Kier alpha value is -3.64. The molecule has 7 heteroatoms. The third-order valence-electron chi connectivity index (χ3n) is 5.10. The Morgan fingerprint density at radius 3 is 2.67 bits per heavy atom. The first-order valence-corrected chi connectivity index (χ1v) is 10.0.